The fourth-order valence-electron chi connectivity index (χ4n) is 1.70. The Hall–Kier alpha value is -1.33. The van der Waals surface area contributed by atoms with Gasteiger partial charge in [0.25, 0.3) is 0 Å². The largest absolute Gasteiger partial charge is 0.497 e. The first-order valence-electron chi connectivity index (χ1n) is 5.13. The third kappa shape index (κ3) is 2.35. The van der Waals surface area contributed by atoms with Gasteiger partial charge in [-0.05, 0) is 33.6 Å². The maximum Gasteiger partial charge on any atom is 0.122 e. The van der Waals surface area contributed by atoms with Crippen LogP contribution in [0.5, 0.6) is 5.75 Å². The van der Waals surface area contributed by atoms with Gasteiger partial charge in [-0.2, -0.15) is 5.10 Å². The van der Waals surface area contributed by atoms with E-state index in [0.29, 0.717) is 0 Å². The molecule has 1 aromatic carbocycles. The SMILES string of the molecule is COc1cccc(C(O)c2c(Br)cnn2C)c1. The first-order valence-corrected chi connectivity index (χ1v) is 5.92. The lowest BCUT2D eigenvalue weighted by molar-refractivity contribution is 0.208. The Bertz CT molecular complexity index is 505. The van der Waals surface area contributed by atoms with Crippen LogP contribution in [-0.2, 0) is 7.05 Å². The highest BCUT2D eigenvalue weighted by atomic mass is 79.9. The quantitative estimate of drug-likeness (QED) is 0.945. The normalized spacial score (nSPS) is 12.5. The Morgan fingerprint density at radius 3 is 2.82 bits per heavy atom. The molecule has 0 aliphatic rings. The number of halogens is 1. The number of nitrogens with zero attached hydrogens (tertiary/aromatic N) is 2. The van der Waals surface area contributed by atoms with E-state index in [4.69, 9.17) is 4.74 Å². The van der Waals surface area contributed by atoms with E-state index in [1.807, 2.05) is 24.3 Å². The monoisotopic (exact) mass is 296 g/mol. The lowest BCUT2D eigenvalue weighted by Crippen LogP contribution is -2.07. The minimum Gasteiger partial charge on any atom is -0.497 e. The van der Waals surface area contributed by atoms with Crippen LogP contribution in [0.2, 0.25) is 0 Å². The Morgan fingerprint density at radius 1 is 1.47 bits per heavy atom. The molecule has 4 nitrogen and oxygen atoms in total. The van der Waals surface area contributed by atoms with E-state index in [1.54, 1.807) is 25.0 Å². The van der Waals surface area contributed by atoms with Crippen molar-refractivity contribution in [1.29, 1.82) is 0 Å². The molecular weight excluding hydrogens is 284 g/mol. The Labute approximate surface area is 108 Å². The molecule has 0 fully saturated rings. The fraction of sp³-hybridized carbons (Fsp3) is 0.250. The molecular formula is C12H13BrN2O2. The van der Waals surface area contributed by atoms with Gasteiger partial charge in [-0.3, -0.25) is 4.68 Å². The molecule has 2 aromatic rings. The third-order valence-corrected chi connectivity index (χ3v) is 3.22. The number of aromatic nitrogens is 2. The number of hydrogen-bond donors (Lipinski definition) is 1. The van der Waals surface area contributed by atoms with E-state index in [0.717, 1.165) is 21.5 Å². The molecule has 0 amide bonds. The van der Waals surface area contributed by atoms with Crippen LogP contribution in [-0.4, -0.2) is 22.0 Å². The lowest BCUT2D eigenvalue weighted by Gasteiger charge is -2.13. The second-order valence-electron chi connectivity index (χ2n) is 3.68. The van der Waals surface area contributed by atoms with Crippen molar-refractivity contribution in [3.63, 3.8) is 0 Å². The van der Waals surface area contributed by atoms with Crippen molar-refractivity contribution in [3.05, 3.63) is 46.2 Å². The smallest absolute Gasteiger partial charge is 0.122 e. The molecule has 0 saturated carbocycles. The molecule has 1 unspecified atom stereocenters. The number of aliphatic hydroxyl groups is 1. The summed E-state index contributed by atoms with van der Waals surface area (Å²) >= 11 is 3.38. The zero-order valence-electron chi connectivity index (χ0n) is 9.59. The summed E-state index contributed by atoms with van der Waals surface area (Å²) in [4.78, 5) is 0. The highest BCUT2D eigenvalue weighted by Gasteiger charge is 2.18. The molecule has 0 bridgehead atoms. The Morgan fingerprint density at radius 2 is 2.24 bits per heavy atom. The van der Waals surface area contributed by atoms with Gasteiger partial charge in [0.2, 0.25) is 0 Å². The number of ether oxygens (including phenoxy) is 1. The van der Waals surface area contributed by atoms with Crippen LogP contribution in [0, 0.1) is 0 Å². The summed E-state index contributed by atoms with van der Waals surface area (Å²) in [5.41, 5.74) is 1.49. The average Bonchev–Trinajstić information content (AvgIpc) is 2.68. The molecule has 2 rings (SSSR count). The molecule has 1 heterocycles. The van der Waals surface area contributed by atoms with Gasteiger partial charge in [0.1, 0.15) is 11.9 Å². The van der Waals surface area contributed by atoms with E-state index in [-0.39, 0.29) is 0 Å². The van der Waals surface area contributed by atoms with Crippen LogP contribution in [0.15, 0.2) is 34.9 Å². The highest BCUT2D eigenvalue weighted by Crippen LogP contribution is 2.29. The van der Waals surface area contributed by atoms with Crippen molar-refractivity contribution in [2.24, 2.45) is 7.05 Å². The van der Waals surface area contributed by atoms with Gasteiger partial charge in [0.05, 0.1) is 23.5 Å². The zero-order chi connectivity index (χ0) is 12.4. The number of benzene rings is 1. The average molecular weight is 297 g/mol. The predicted molar refractivity (Wildman–Crippen MR) is 68.0 cm³/mol. The summed E-state index contributed by atoms with van der Waals surface area (Å²) in [5, 5.41) is 14.4. The van der Waals surface area contributed by atoms with Crippen molar-refractivity contribution >= 4 is 15.9 Å². The standard InChI is InChI=1S/C12H13BrN2O2/c1-15-11(10(13)7-14-15)12(16)8-4-3-5-9(6-8)17-2/h3-7,12,16H,1-2H3. The summed E-state index contributed by atoms with van der Waals surface area (Å²) in [5.74, 6) is 0.722. The summed E-state index contributed by atoms with van der Waals surface area (Å²) in [6, 6.07) is 7.35. The molecule has 1 aromatic heterocycles. The Balaban J connectivity index is 2.40. The van der Waals surface area contributed by atoms with E-state index in [1.165, 1.54) is 0 Å². The molecule has 1 atom stereocenters. The summed E-state index contributed by atoms with van der Waals surface area (Å²) in [6.07, 6.45) is 0.936. The van der Waals surface area contributed by atoms with Crippen molar-refractivity contribution in [2.45, 2.75) is 6.10 Å². The number of methoxy groups -OCH3 is 1. The fourth-order valence-corrected chi connectivity index (χ4v) is 2.26. The summed E-state index contributed by atoms with van der Waals surface area (Å²) < 4.78 is 7.57. The Kier molecular flexibility index (Phi) is 3.49. The van der Waals surface area contributed by atoms with Crippen molar-refractivity contribution in [2.75, 3.05) is 7.11 Å². The van der Waals surface area contributed by atoms with Gasteiger partial charge in [0.15, 0.2) is 0 Å². The van der Waals surface area contributed by atoms with E-state index >= 15 is 0 Å². The maximum atomic E-state index is 10.3. The maximum absolute atomic E-state index is 10.3. The van der Waals surface area contributed by atoms with Gasteiger partial charge in [-0.1, -0.05) is 12.1 Å². The third-order valence-electron chi connectivity index (χ3n) is 2.61. The summed E-state index contributed by atoms with van der Waals surface area (Å²) in [6.45, 7) is 0. The zero-order valence-corrected chi connectivity index (χ0v) is 11.2. The minimum absolute atomic E-state index is 0.721. The molecule has 17 heavy (non-hydrogen) atoms. The second-order valence-corrected chi connectivity index (χ2v) is 4.53. The number of aliphatic hydroxyl groups excluding tert-OH is 1. The first-order chi connectivity index (χ1) is 8.13. The molecule has 0 radical (unpaired) electrons. The lowest BCUT2D eigenvalue weighted by atomic mass is 10.1. The first kappa shape index (κ1) is 12.1. The predicted octanol–water partition coefficient (Wildman–Crippen LogP) is 2.27. The van der Waals surface area contributed by atoms with Crippen LogP contribution < -0.4 is 4.74 Å². The van der Waals surface area contributed by atoms with Crippen molar-refractivity contribution in [1.82, 2.24) is 9.78 Å². The van der Waals surface area contributed by atoms with Gasteiger partial charge >= 0.3 is 0 Å². The van der Waals surface area contributed by atoms with E-state index in [2.05, 4.69) is 21.0 Å². The number of aryl methyl sites for hydroxylation is 1. The number of rotatable bonds is 3. The molecule has 90 valence electrons. The van der Waals surface area contributed by atoms with Crippen LogP contribution in [0.3, 0.4) is 0 Å². The van der Waals surface area contributed by atoms with E-state index in [9.17, 15) is 5.11 Å². The molecule has 0 saturated heterocycles. The topological polar surface area (TPSA) is 47.3 Å². The van der Waals surface area contributed by atoms with Crippen LogP contribution in [0.25, 0.3) is 0 Å². The van der Waals surface area contributed by atoms with Gasteiger partial charge < -0.3 is 9.84 Å². The van der Waals surface area contributed by atoms with Gasteiger partial charge in [-0.25, -0.2) is 0 Å². The molecule has 0 aliphatic heterocycles. The highest BCUT2D eigenvalue weighted by molar-refractivity contribution is 9.10. The van der Waals surface area contributed by atoms with Gasteiger partial charge in [0, 0.05) is 7.05 Å². The van der Waals surface area contributed by atoms with Crippen LogP contribution >= 0.6 is 15.9 Å². The molecule has 0 aliphatic carbocycles. The molecule has 1 N–H and O–H groups in total. The van der Waals surface area contributed by atoms with Crippen LogP contribution in [0.1, 0.15) is 17.4 Å². The van der Waals surface area contributed by atoms with Crippen LogP contribution in [0.4, 0.5) is 0 Å². The van der Waals surface area contributed by atoms with Crippen molar-refractivity contribution < 1.29 is 9.84 Å². The second kappa shape index (κ2) is 4.89. The minimum atomic E-state index is -0.730. The molecule has 0 spiro atoms. The van der Waals surface area contributed by atoms with Crippen molar-refractivity contribution in [3.8, 4) is 5.75 Å². The van der Waals surface area contributed by atoms with Gasteiger partial charge in [-0.15, -0.1) is 0 Å². The molecule has 5 heteroatoms. The van der Waals surface area contributed by atoms with E-state index < -0.39 is 6.10 Å². The summed E-state index contributed by atoms with van der Waals surface area (Å²) in [7, 11) is 3.40. The number of hydrogen-bond acceptors (Lipinski definition) is 3.